The summed E-state index contributed by atoms with van der Waals surface area (Å²) in [4.78, 5) is 168. The van der Waals surface area contributed by atoms with E-state index in [1.165, 1.54) is 40.1 Å². The maximum absolute atomic E-state index is 13.0. The molecule has 45 heteroatoms. The van der Waals surface area contributed by atoms with Gasteiger partial charge >= 0.3 is 18.1 Å². The minimum atomic E-state index is -5.08. The number of nitrogens with zero attached hydrogens (tertiary/aromatic N) is 10. The van der Waals surface area contributed by atoms with Gasteiger partial charge in [-0.15, -0.1) is 43.1 Å². The van der Waals surface area contributed by atoms with Crippen molar-refractivity contribution in [2.45, 2.75) is 149 Å². The van der Waals surface area contributed by atoms with Crippen molar-refractivity contribution in [3.8, 4) is 21.5 Å². The molecule has 136 heavy (non-hydrogen) atoms. The van der Waals surface area contributed by atoms with E-state index in [9.17, 15) is 75.8 Å². The van der Waals surface area contributed by atoms with Crippen molar-refractivity contribution in [3.05, 3.63) is 184 Å². The first-order valence-corrected chi connectivity index (χ1v) is 45.9. The predicted octanol–water partition coefficient (Wildman–Crippen LogP) is 9.27. The Balaban J connectivity index is 0.000000186. The smallest absolute Gasteiger partial charge is 0.485 e. The predicted molar refractivity (Wildman–Crippen MR) is 489 cm³/mol. The van der Waals surface area contributed by atoms with Crippen LogP contribution in [0.25, 0.3) is 10.0 Å². The fourth-order valence-corrected chi connectivity index (χ4v) is 17.3. The molecule has 6 aliphatic rings. The zero-order valence-electron chi connectivity index (χ0n) is 75.3. The van der Waals surface area contributed by atoms with Gasteiger partial charge in [-0.2, -0.15) is 13.2 Å². The van der Waals surface area contributed by atoms with E-state index in [-0.39, 0.29) is 104 Å². The second-order valence-corrected chi connectivity index (χ2v) is 34.4. The molecule has 0 bridgehead atoms. The zero-order valence-corrected chi connectivity index (χ0v) is 78.4. The number of halogens is 5. The van der Waals surface area contributed by atoms with E-state index in [0.29, 0.717) is 146 Å². The van der Waals surface area contributed by atoms with Gasteiger partial charge in [0.1, 0.15) is 70.5 Å². The average Bonchev–Trinajstić information content (AvgIpc) is 1.59. The zero-order chi connectivity index (χ0) is 98.5. The van der Waals surface area contributed by atoms with E-state index < -0.39 is 89.5 Å². The summed E-state index contributed by atoms with van der Waals surface area (Å²) in [5.41, 5.74) is 18.8. The first-order valence-electron chi connectivity index (χ1n) is 43.5. The highest BCUT2D eigenvalue weighted by molar-refractivity contribution is 7.15. The molecule has 0 radical (unpaired) electrons. The minimum Gasteiger partial charge on any atom is -0.485 e. The van der Waals surface area contributed by atoms with Crippen LogP contribution in [0, 0.1) is 41.5 Å². The highest BCUT2D eigenvalue weighted by Crippen LogP contribution is 2.43. The molecule has 2 saturated heterocycles. The lowest BCUT2D eigenvalue weighted by molar-refractivity contribution is -0.192. The van der Waals surface area contributed by atoms with Crippen molar-refractivity contribution in [1.29, 1.82) is 0 Å². The topological polar surface area (TPSA) is 517 Å². The van der Waals surface area contributed by atoms with E-state index in [1.807, 2.05) is 71.5 Å². The fourth-order valence-electron chi connectivity index (χ4n) is 14.6. The number of benzene rings is 4. The molecular weight excluding hydrogens is 1860 g/mol. The number of aliphatic carboxylic acids is 2. The van der Waals surface area contributed by atoms with Crippen LogP contribution in [0.3, 0.4) is 0 Å². The van der Waals surface area contributed by atoms with E-state index in [0.717, 1.165) is 89.1 Å². The van der Waals surface area contributed by atoms with E-state index >= 15 is 0 Å². The Labute approximate surface area is 796 Å². The molecule has 0 spiro atoms. The molecule has 10 heterocycles. The summed E-state index contributed by atoms with van der Waals surface area (Å²) in [6.45, 7) is 19.8. The number of hydrogen-bond acceptors (Lipinski definition) is 31. The molecule has 728 valence electrons. The number of thiophene rings is 2. The summed E-state index contributed by atoms with van der Waals surface area (Å²) in [7, 11) is 0. The highest BCUT2D eigenvalue weighted by Gasteiger charge is 2.48. The third-order valence-corrected chi connectivity index (χ3v) is 24.4. The average molecular weight is 1970 g/mol. The number of Topliss-reactive ketones (excluding diaryl/α,β-unsaturated/α-hetero) is 1. The SMILES string of the molecule is Cc1sc2c(c1C)C(c1ccc(Cl)cc1)=N[C@@H](CC(=O)NCCCOCCOCCOCCCN)c1nnc(C)n1-2.Cc1sc2c(c1C)C(c1ccc(Cl)cc1)=N[C@@H](CC(=O)O)c1nnc(C)n1-2.NCCCOCCOCCOCCCCC(=O)COc1cccc2c1C(=O)N(C1CCC(=O)NC1=O)C2=O.O=C(O)C(F)(F)F.O=CCOc1cccc2c1C(=O)N(C1CCC(=O)NC1=O)C2=O. The number of nitrogens with one attached hydrogen (secondary N) is 3. The highest BCUT2D eigenvalue weighted by atomic mass is 35.5. The quantitative estimate of drug-likeness (QED) is 0.0107. The summed E-state index contributed by atoms with van der Waals surface area (Å²) < 4.78 is 79.2. The Morgan fingerprint density at radius 1 is 0.522 bits per heavy atom. The molecule has 14 rings (SSSR count). The van der Waals surface area contributed by atoms with Gasteiger partial charge in [0.15, 0.2) is 23.7 Å². The van der Waals surface area contributed by atoms with Crippen LogP contribution in [0.5, 0.6) is 11.5 Å². The number of fused-ring (bicyclic) bond motifs is 8. The maximum Gasteiger partial charge on any atom is 0.490 e. The summed E-state index contributed by atoms with van der Waals surface area (Å²) >= 11 is 15.6. The molecule has 2 unspecified atom stereocenters. The van der Waals surface area contributed by atoms with Crippen molar-refractivity contribution in [3.63, 3.8) is 0 Å². The standard InChI is InChI=1S/C29H39ClN6O4S.C26H35N3O9.C19H17ClN4O2S.C15H12N2O6.C2HF3O2/c1-19-20(2)41-29-26(19)27(22-6-8-23(30)9-7-22)33-24(28-35-34-21(3)36(28)29)18-25(37)32-11-5-13-39-15-17-40-16-14-38-12-4-10-31;27-10-4-12-36-14-16-37-15-13-35-11-2-1-5-18(30)17-38-21-7-3-6-19-23(21)26(34)29(25(19)33)20-8-9-22(31)28-24(20)32;1-9-10(2)27-19-16(9)17(12-4-6-13(20)7-5-12)21-14(8-15(25)26)18-23-22-11(3)24(18)19;18-6-7-23-10-3-1-2-8-12(10)15(22)17(14(8)21)9-4-5-11(19)16-13(9)20;3-2(4,5)1(6)7/h6-9,24H,4-5,10-18,31H2,1-3H3,(H,32,37);3,6-7,20H,1-2,4-5,8-17,27H2,(H,28,31,32);4-7,14H,8H2,1-3H3,(H,25,26);1-3,6,9H,4-5,7H2,(H,16,19,20);(H,6,7)/t24-;;14-;;/m0.0../s1. The summed E-state index contributed by atoms with van der Waals surface area (Å²) in [5.74, 6) is -5.83. The maximum atomic E-state index is 13.0. The van der Waals surface area contributed by atoms with E-state index in [1.54, 1.807) is 28.7 Å². The molecule has 2 fully saturated rings. The van der Waals surface area contributed by atoms with Crippen molar-refractivity contribution >= 4 is 134 Å². The third kappa shape index (κ3) is 27.8. The Morgan fingerprint density at radius 2 is 0.919 bits per heavy atom. The van der Waals surface area contributed by atoms with Crippen molar-refractivity contribution in [2.24, 2.45) is 21.5 Å². The Bertz CT molecular complexity index is 5730. The van der Waals surface area contributed by atoms with E-state index in [4.69, 9.17) is 92.4 Å². The van der Waals surface area contributed by atoms with Crippen LogP contribution in [0.15, 0.2) is 94.9 Å². The van der Waals surface area contributed by atoms with Crippen molar-refractivity contribution in [2.75, 3.05) is 112 Å². The molecule has 6 aliphatic heterocycles. The number of ketones is 1. The molecule has 4 aromatic heterocycles. The number of carboxylic acid groups (broad SMARTS) is 2. The summed E-state index contributed by atoms with van der Waals surface area (Å²) in [5, 5.41) is 44.4. The van der Waals surface area contributed by atoms with Gasteiger partial charge in [-0.1, -0.05) is 59.6 Å². The Hall–Kier alpha value is -12.1. The van der Waals surface area contributed by atoms with Crippen molar-refractivity contribution < 1.29 is 124 Å². The number of imide groups is 4. The van der Waals surface area contributed by atoms with Gasteiger partial charge in [-0.25, -0.2) is 4.79 Å². The van der Waals surface area contributed by atoms with Gasteiger partial charge in [0.2, 0.25) is 29.5 Å². The molecule has 9 N–H and O–H groups in total. The fraction of sp³-hybridized carbons (Fsp3) is 0.440. The van der Waals surface area contributed by atoms with Crippen LogP contribution >= 0.6 is 45.9 Å². The number of nitrogens with two attached hydrogens (primary N) is 2. The Kier molecular flexibility index (Phi) is 39.8. The third-order valence-electron chi connectivity index (χ3n) is 21.5. The molecule has 9 amide bonds. The van der Waals surface area contributed by atoms with Gasteiger partial charge in [0, 0.05) is 94.3 Å². The van der Waals surface area contributed by atoms with Gasteiger partial charge in [-0.05, 0) is 159 Å². The number of aryl methyl sites for hydroxylation is 4. The number of unbranched alkanes of at least 4 members (excludes halogenated alkanes) is 1. The molecule has 8 aromatic rings. The first-order chi connectivity index (χ1) is 65.2. The van der Waals surface area contributed by atoms with Crippen LogP contribution in [0.1, 0.15) is 197 Å². The largest absolute Gasteiger partial charge is 0.490 e. The van der Waals surface area contributed by atoms with Crippen LogP contribution in [0.2, 0.25) is 10.0 Å². The van der Waals surface area contributed by atoms with Crippen LogP contribution in [-0.2, 0) is 71.6 Å². The van der Waals surface area contributed by atoms with Crippen LogP contribution < -0.4 is 36.9 Å². The lowest BCUT2D eigenvalue weighted by Crippen LogP contribution is -2.54. The second kappa shape index (κ2) is 51.2. The van der Waals surface area contributed by atoms with Crippen molar-refractivity contribution in [1.82, 2.24) is 55.3 Å². The molecular formula is C91H104Cl2F3N15O23S2. The molecule has 0 aliphatic carbocycles. The van der Waals surface area contributed by atoms with E-state index in [2.05, 4.69) is 64.0 Å². The molecule has 0 saturated carbocycles. The normalized spacial score (nSPS) is 16.2. The first kappa shape index (κ1) is 106. The number of alkyl halides is 3. The molecule has 4 atom stereocenters. The number of aromatic nitrogens is 6. The second-order valence-electron chi connectivity index (χ2n) is 31.1. The number of hydrogen-bond donors (Lipinski definition) is 7. The summed E-state index contributed by atoms with van der Waals surface area (Å²) in [6, 6.07) is 20.9. The number of aliphatic imine (C=N–C) groups is 2. The molecule has 4 aromatic carbocycles. The number of amides is 9. The molecule has 38 nitrogen and oxygen atoms in total. The van der Waals surface area contributed by atoms with Gasteiger partial charge in [0.05, 0.1) is 99.4 Å². The van der Waals surface area contributed by atoms with Gasteiger partial charge < -0.3 is 64.9 Å². The van der Waals surface area contributed by atoms with Gasteiger partial charge in [0.25, 0.3) is 23.6 Å². The minimum absolute atomic E-state index is 0.0211. The van der Waals surface area contributed by atoms with Crippen LogP contribution in [-0.4, -0.2) is 269 Å². The monoisotopic (exact) mass is 1970 g/mol. The number of carbonyl (C=O) groups is 13. The van der Waals surface area contributed by atoms with Crippen LogP contribution in [0.4, 0.5) is 13.2 Å². The lowest BCUT2D eigenvalue weighted by Gasteiger charge is -2.27. The Morgan fingerprint density at radius 3 is 1.32 bits per heavy atom. The number of carbonyl (C=O) groups excluding carboxylic acids is 11. The number of carboxylic acids is 2. The lowest BCUT2D eigenvalue weighted by atomic mass is 9.99. The number of rotatable bonds is 41. The number of ether oxygens (including phenoxy) is 8. The number of aldehydes is 1. The number of piperidine rings is 2. The summed E-state index contributed by atoms with van der Waals surface area (Å²) in [6.07, 6.45) is -0.337. The van der Waals surface area contributed by atoms with Gasteiger partial charge in [-0.3, -0.25) is 97.1 Å².